The highest BCUT2D eigenvalue weighted by Crippen LogP contribution is 2.35. The number of halogens is 3. The van der Waals surface area contributed by atoms with Crippen LogP contribution in [0.3, 0.4) is 0 Å². The number of carbonyl (C=O) groups is 4. The van der Waals surface area contributed by atoms with Crippen LogP contribution in [0.1, 0.15) is 20.3 Å². The van der Waals surface area contributed by atoms with Crippen LogP contribution < -0.4 is 5.32 Å². The number of ether oxygens (including phenoxy) is 1. The zero-order valence-corrected chi connectivity index (χ0v) is 11.2. The van der Waals surface area contributed by atoms with Crippen LogP contribution in [0.4, 0.5) is 18.0 Å². The maximum Gasteiger partial charge on any atom is 0.420 e. The highest BCUT2D eigenvalue weighted by atomic mass is 19.4. The van der Waals surface area contributed by atoms with Crippen LogP contribution in [0.2, 0.25) is 0 Å². The Morgan fingerprint density at radius 1 is 1.33 bits per heavy atom. The number of imide groups is 1. The third-order valence-electron chi connectivity index (χ3n) is 2.82. The van der Waals surface area contributed by atoms with Gasteiger partial charge >= 0.3 is 18.2 Å². The molecule has 10 heteroatoms. The Hall–Kier alpha value is -2.13. The van der Waals surface area contributed by atoms with Crippen molar-refractivity contribution in [1.29, 1.82) is 0 Å². The molecule has 0 radical (unpaired) electrons. The van der Waals surface area contributed by atoms with E-state index in [1.54, 1.807) is 0 Å². The van der Waals surface area contributed by atoms with Crippen molar-refractivity contribution in [1.82, 2.24) is 10.2 Å². The fourth-order valence-electron chi connectivity index (χ4n) is 1.64. The van der Waals surface area contributed by atoms with Gasteiger partial charge in [-0.2, -0.15) is 13.2 Å². The van der Waals surface area contributed by atoms with Gasteiger partial charge in [0.05, 0.1) is 13.2 Å². The van der Waals surface area contributed by atoms with E-state index in [9.17, 15) is 32.3 Å². The molecule has 1 aliphatic rings. The van der Waals surface area contributed by atoms with Crippen LogP contribution >= 0.6 is 0 Å². The first-order valence-corrected chi connectivity index (χ1v) is 5.91. The molecule has 1 saturated heterocycles. The Morgan fingerprint density at radius 2 is 1.90 bits per heavy atom. The Kier molecular flexibility index (Phi) is 4.59. The van der Waals surface area contributed by atoms with E-state index in [1.807, 2.05) is 0 Å². The highest BCUT2D eigenvalue weighted by molar-refractivity contribution is 6.10. The number of carbonyl (C=O) groups excluding carboxylic acids is 4. The molecule has 1 fully saturated rings. The second-order valence-electron chi connectivity index (χ2n) is 4.46. The average molecular weight is 310 g/mol. The third kappa shape index (κ3) is 3.31. The standard InChI is InChI=1S/C11H13F3N2O5/c1-3-21-7(18)4-6(17)5-16-8(19)10(2,11(12,13)14)15-9(16)20/h3-5H2,1-2H3,(H,15,20). The van der Waals surface area contributed by atoms with E-state index < -0.39 is 48.4 Å². The number of Topliss-reactive ketones (excluding diaryl/α,β-unsaturated/α-hetero) is 1. The van der Waals surface area contributed by atoms with Crippen molar-refractivity contribution < 1.29 is 37.1 Å². The van der Waals surface area contributed by atoms with Gasteiger partial charge in [0.15, 0.2) is 5.78 Å². The molecule has 0 saturated carbocycles. The summed E-state index contributed by atoms with van der Waals surface area (Å²) in [6.07, 6.45) is -5.73. The Balaban J connectivity index is 2.77. The van der Waals surface area contributed by atoms with E-state index in [1.165, 1.54) is 12.2 Å². The van der Waals surface area contributed by atoms with Crippen molar-refractivity contribution in [2.75, 3.05) is 13.2 Å². The van der Waals surface area contributed by atoms with Gasteiger partial charge in [-0.25, -0.2) is 4.79 Å². The summed E-state index contributed by atoms with van der Waals surface area (Å²) in [4.78, 5) is 45.8. The second kappa shape index (κ2) is 5.70. The summed E-state index contributed by atoms with van der Waals surface area (Å²) in [5.74, 6) is -3.37. The van der Waals surface area contributed by atoms with Crippen molar-refractivity contribution in [2.24, 2.45) is 0 Å². The first-order chi connectivity index (χ1) is 9.52. The van der Waals surface area contributed by atoms with E-state index in [2.05, 4.69) is 4.74 Å². The fourth-order valence-corrected chi connectivity index (χ4v) is 1.64. The zero-order valence-electron chi connectivity index (χ0n) is 11.2. The number of ketones is 1. The Bertz CT molecular complexity index is 491. The number of esters is 1. The molecule has 1 unspecified atom stereocenters. The Labute approximate surface area is 117 Å². The van der Waals surface area contributed by atoms with Crippen LogP contribution in [0.5, 0.6) is 0 Å². The van der Waals surface area contributed by atoms with Crippen LogP contribution in [0, 0.1) is 0 Å². The normalized spacial score (nSPS) is 22.2. The van der Waals surface area contributed by atoms with Crippen LogP contribution in [-0.4, -0.2) is 53.5 Å². The fraction of sp³-hybridized carbons (Fsp3) is 0.636. The maximum atomic E-state index is 12.8. The molecular formula is C11H13F3N2O5. The predicted molar refractivity (Wildman–Crippen MR) is 61.0 cm³/mol. The van der Waals surface area contributed by atoms with Crippen molar-refractivity contribution in [3.05, 3.63) is 0 Å². The van der Waals surface area contributed by atoms with Gasteiger partial charge in [-0.1, -0.05) is 0 Å². The number of alkyl halides is 3. The van der Waals surface area contributed by atoms with Gasteiger partial charge in [-0.3, -0.25) is 19.3 Å². The highest BCUT2D eigenvalue weighted by Gasteiger charge is 2.64. The summed E-state index contributed by atoms with van der Waals surface area (Å²) in [7, 11) is 0. The Morgan fingerprint density at radius 3 is 2.33 bits per heavy atom. The number of amides is 3. The predicted octanol–water partition coefficient (Wildman–Crippen LogP) is 0.382. The third-order valence-corrected chi connectivity index (χ3v) is 2.82. The smallest absolute Gasteiger partial charge is 0.420 e. The largest absolute Gasteiger partial charge is 0.466 e. The summed E-state index contributed by atoms with van der Waals surface area (Å²) in [6.45, 7) is 1.12. The summed E-state index contributed by atoms with van der Waals surface area (Å²) >= 11 is 0. The summed E-state index contributed by atoms with van der Waals surface area (Å²) in [5.41, 5.74) is -3.08. The lowest BCUT2D eigenvalue weighted by molar-refractivity contribution is -0.191. The topological polar surface area (TPSA) is 92.8 Å². The molecule has 1 atom stereocenters. The molecule has 1 N–H and O–H groups in total. The summed E-state index contributed by atoms with van der Waals surface area (Å²) in [6, 6.07) is -1.34. The van der Waals surface area contributed by atoms with Gasteiger partial charge in [-0.05, 0) is 13.8 Å². The number of rotatable bonds is 5. The van der Waals surface area contributed by atoms with Crippen molar-refractivity contribution >= 4 is 23.7 Å². The van der Waals surface area contributed by atoms with E-state index >= 15 is 0 Å². The van der Waals surface area contributed by atoms with Crippen LogP contribution in [-0.2, 0) is 19.1 Å². The van der Waals surface area contributed by atoms with E-state index in [4.69, 9.17) is 0 Å². The molecule has 7 nitrogen and oxygen atoms in total. The lowest BCUT2D eigenvalue weighted by atomic mass is 10.0. The minimum atomic E-state index is -5.00. The molecule has 0 aromatic carbocycles. The van der Waals surface area contributed by atoms with Gasteiger partial charge in [0.1, 0.15) is 6.42 Å². The second-order valence-corrected chi connectivity index (χ2v) is 4.46. The SMILES string of the molecule is CCOC(=O)CC(=O)CN1C(=O)NC(C)(C(F)(F)F)C1=O. The molecule has 0 aromatic heterocycles. The molecule has 0 spiro atoms. The quantitative estimate of drug-likeness (QED) is 0.450. The van der Waals surface area contributed by atoms with E-state index in [-0.39, 0.29) is 11.5 Å². The molecule has 1 heterocycles. The lowest BCUT2D eigenvalue weighted by Crippen LogP contribution is -2.56. The molecule has 3 amide bonds. The van der Waals surface area contributed by atoms with Crippen LogP contribution in [0.15, 0.2) is 0 Å². The van der Waals surface area contributed by atoms with Gasteiger partial charge in [0.2, 0.25) is 5.54 Å². The van der Waals surface area contributed by atoms with Gasteiger partial charge in [-0.15, -0.1) is 0 Å². The van der Waals surface area contributed by atoms with Gasteiger partial charge < -0.3 is 10.1 Å². The molecule has 21 heavy (non-hydrogen) atoms. The van der Waals surface area contributed by atoms with Gasteiger partial charge in [0.25, 0.3) is 5.91 Å². The van der Waals surface area contributed by atoms with Crippen molar-refractivity contribution in [3.63, 3.8) is 0 Å². The van der Waals surface area contributed by atoms with Crippen molar-refractivity contribution in [2.45, 2.75) is 32.0 Å². The minimum absolute atomic E-state index is 0.0292. The first-order valence-electron chi connectivity index (χ1n) is 5.91. The average Bonchev–Trinajstić information content (AvgIpc) is 2.53. The number of hydrogen-bond acceptors (Lipinski definition) is 5. The number of nitrogens with one attached hydrogen (secondary N) is 1. The number of urea groups is 1. The maximum absolute atomic E-state index is 12.8. The summed E-state index contributed by atoms with van der Waals surface area (Å²) in [5, 5.41) is 1.50. The monoisotopic (exact) mass is 310 g/mol. The zero-order chi connectivity index (χ0) is 16.4. The molecule has 1 aliphatic heterocycles. The minimum Gasteiger partial charge on any atom is -0.466 e. The van der Waals surface area contributed by atoms with Gasteiger partial charge in [0, 0.05) is 0 Å². The molecule has 1 rings (SSSR count). The molecule has 0 aromatic rings. The number of hydrogen-bond donors (Lipinski definition) is 1. The number of nitrogens with zero attached hydrogens (tertiary/aromatic N) is 1. The molecule has 0 aliphatic carbocycles. The van der Waals surface area contributed by atoms with Crippen LogP contribution in [0.25, 0.3) is 0 Å². The molecule has 118 valence electrons. The van der Waals surface area contributed by atoms with E-state index in [0.717, 1.165) is 0 Å². The summed E-state index contributed by atoms with van der Waals surface area (Å²) < 4.78 is 42.8. The van der Waals surface area contributed by atoms with Crippen molar-refractivity contribution in [3.8, 4) is 0 Å². The van der Waals surface area contributed by atoms with E-state index in [0.29, 0.717) is 6.92 Å². The first kappa shape index (κ1) is 16.9. The molecule has 0 bridgehead atoms. The molecular weight excluding hydrogens is 297 g/mol. The lowest BCUT2D eigenvalue weighted by Gasteiger charge is -2.24.